The first-order valence-corrected chi connectivity index (χ1v) is 4.01. The van der Waals surface area contributed by atoms with Crippen LogP contribution in [0, 0.1) is 0 Å². The molecule has 5 N–H and O–H groups in total. The molecule has 0 amide bonds. The molecule has 0 saturated carbocycles. The highest BCUT2D eigenvalue weighted by molar-refractivity contribution is 5.78. The fraction of sp³-hybridized carbons (Fsp3) is 0.333. The van der Waals surface area contributed by atoms with Gasteiger partial charge in [0.25, 0.3) is 0 Å². The molecule has 1 aromatic carbocycles. The highest BCUT2D eigenvalue weighted by atomic mass is 14.9. The number of hydrogen-bond donors (Lipinski definition) is 3. The van der Waals surface area contributed by atoms with E-state index in [-0.39, 0.29) is 0 Å². The third kappa shape index (κ3) is 1.81. The molecule has 1 rings (SSSR count). The molecule has 0 radical (unpaired) electrons. The van der Waals surface area contributed by atoms with E-state index in [0.717, 1.165) is 5.69 Å². The molecule has 0 fully saturated rings. The van der Waals surface area contributed by atoms with Gasteiger partial charge in [-0.2, -0.15) is 0 Å². The van der Waals surface area contributed by atoms with Crippen LogP contribution >= 0.6 is 0 Å². The van der Waals surface area contributed by atoms with Crippen LogP contribution in [-0.4, -0.2) is 6.04 Å². The molecule has 0 bridgehead atoms. The van der Waals surface area contributed by atoms with E-state index in [0.29, 0.717) is 17.4 Å². The molecule has 1 aromatic rings. The zero-order chi connectivity index (χ0) is 9.14. The molecule has 66 valence electrons. The SMILES string of the molecule is CC(C)Nc1cccc(N)c1N. The topological polar surface area (TPSA) is 64.1 Å². The number of nitrogen functional groups attached to an aromatic ring is 2. The Kier molecular flexibility index (Phi) is 2.43. The minimum Gasteiger partial charge on any atom is -0.397 e. The van der Waals surface area contributed by atoms with Crippen molar-refractivity contribution in [2.75, 3.05) is 16.8 Å². The average Bonchev–Trinajstić information content (AvgIpc) is 1.98. The van der Waals surface area contributed by atoms with Crippen molar-refractivity contribution in [2.45, 2.75) is 19.9 Å². The van der Waals surface area contributed by atoms with Gasteiger partial charge in [0, 0.05) is 6.04 Å². The number of anilines is 3. The van der Waals surface area contributed by atoms with Crippen molar-refractivity contribution in [2.24, 2.45) is 0 Å². The largest absolute Gasteiger partial charge is 0.397 e. The van der Waals surface area contributed by atoms with Gasteiger partial charge in [0.05, 0.1) is 17.1 Å². The van der Waals surface area contributed by atoms with Crippen molar-refractivity contribution >= 4 is 17.1 Å². The summed E-state index contributed by atoms with van der Waals surface area (Å²) in [5.74, 6) is 0. The summed E-state index contributed by atoms with van der Waals surface area (Å²) in [5, 5.41) is 3.21. The quantitative estimate of drug-likeness (QED) is 0.584. The zero-order valence-electron chi connectivity index (χ0n) is 7.46. The number of hydrogen-bond acceptors (Lipinski definition) is 3. The van der Waals surface area contributed by atoms with Gasteiger partial charge in [-0.1, -0.05) is 6.07 Å². The molecule has 0 aliphatic carbocycles. The van der Waals surface area contributed by atoms with Gasteiger partial charge in [-0.15, -0.1) is 0 Å². The molecule has 0 atom stereocenters. The van der Waals surface area contributed by atoms with Gasteiger partial charge < -0.3 is 16.8 Å². The maximum absolute atomic E-state index is 5.74. The van der Waals surface area contributed by atoms with Gasteiger partial charge in [0.2, 0.25) is 0 Å². The number of nitrogens with two attached hydrogens (primary N) is 2. The van der Waals surface area contributed by atoms with E-state index in [1.165, 1.54) is 0 Å². The summed E-state index contributed by atoms with van der Waals surface area (Å²) in [7, 11) is 0. The predicted octanol–water partition coefficient (Wildman–Crippen LogP) is 1.67. The maximum atomic E-state index is 5.74. The Morgan fingerprint density at radius 3 is 2.50 bits per heavy atom. The maximum Gasteiger partial charge on any atom is 0.0783 e. The highest BCUT2D eigenvalue weighted by Crippen LogP contribution is 2.24. The van der Waals surface area contributed by atoms with Crippen molar-refractivity contribution in [3.63, 3.8) is 0 Å². The summed E-state index contributed by atoms with van der Waals surface area (Å²) in [5.41, 5.74) is 13.5. The third-order valence-corrected chi connectivity index (χ3v) is 1.58. The van der Waals surface area contributed by atoms with Crippen molar-refractivity contribution < 1.29 is 0 Å². The van der Waals surface area contributed by atoms with E-state index in [1.807, 2.05) is 12.1 Å². The van der Waals surface area contributed by atoms with Crippen LogP contribution in [0.1, 0.15) is 13.8 Å². The summed E-state index contributed by atoms with van der Waals surface area (Å²) in [6.45, 7) is 4.12. The lowest BCUT2D eigenvalue weighted by atomic mass is 10.2. The first-order valence-electron chi connectivity index (χ1n) is 4.01. The lowest BCUT2D eigenvalue weighted by Gasteiger charge is -2.13. The van der Waals surface area contributed by atoms with E-state index >= 15 is 0 Å². The second kappa shape index (κ2) is 3.34. The van der Waals surface area contributed by atoms with Crippen molar-refractivity contribution in [1.82, 2.24) is 0 Å². The molecule has 0 aliphatic rings. The molecular weight excluding hydrogens is 150 g/mol. The van der Waals surface area contributed by atoms with E-state index in [2.05, 4.69) is 19.2 Å². The van der Waals surface area contributed by atoms with Gasteiger partial charge in [-0.3, -0.25) is 0 Å². The molecular formula is C9H15N3. The van der Waals surface area contributed by atoms with Gasteiger partial charge in [-0.05, 0) is 26.0 Å². The molecule has 3 nitrogen and oxygen atoms in total. The minimum absolute atomic E-state index is 0.370. The lowest BCUT2D eigenvalue weighted by Crippen LogP contribution is -2.11. The Labute approximate surface area is 72.8 Å². The molecule has 0 aromatic heterocycles. The van der Waals surface area contributed by atoms with E-state index in [9.17, 15) is 0 Å². The Morgan fingerprint density at radius 1 is 1.25 bits per heavy atom. The third-order valence-electron chi connectivity index (χ3n) is 1.58. The highest BCUT2D eigenvalue weighted by Gasteiger charge is 2.01. The van der Waals surface area contributed by atoms with Gasteiger partial charge in [0.15, 0.2) is 0 Å². The average molecular weight is 165 g/mol. The van der Waals surface area contributed by atoms with E-state index in [4.69, 9.17) is 11.5 Å². The molecule has 0 spiro atoms. The molecule has 0 saturated heterocycles. The molecule has 0 heterocycles. The molecule has 0 aliphatic heterocycles. The normalized spacial score (nSPS) is 10.2. The van der Waals surface area contributed by atoms with Crippen molar-refractivity contribution in [3.05, 3.63) is 18.2 Å². The summed E-state index contributed by atoms with van der Waals surface area (Å²) >= 11 is 0. The monoisotopic (exact) mass is 165 g/mol. The number of para-hydroxylation sites is 1. The molecule has 3 heteroatoms. The standard InChI is InChI=1S/C9H15N3/c1-6(2)12-8-5-3-4-7(10)9(8)11/h3-6,12H,10-11H2,1-2H3. The first kappa shape index (κ1) is 8.71. The van der Waals surface area contributed by atoms with Crippen LogP contribution < -0.4 is 16.8 Å². The van der Waals surface area contributed by atoms with E-state index in [1.54, 1.807) is 6.07 Å². The Morgan fingerprint density at radius 2 is 1.92 bits per heavy atom. The van der Waals surface area contributed by atoms with Gasteiger partial charge in [0.1, 0.15) is 0 Å². The fourth-order valence-corrected chi connectivity index (χ4v) is 1.02. The minimum atomic E-state index is 0.370. The van der Waals surface area contributed by atoms with Crippen LogP contribution in [0.3, 0.4) is 0 Å². The fourth-order valence-electron chi connectivity index (χ4n) is 1.02. The number of rotatable bonds is 2. The lowest BCUT2D eigenvalue weighted by molar-refractivity contribution is 0.900. The number of nitrogens with one attached hydrogen (secondary N) is 1. The Bertz CT molecular complexity index is 268. The first-order chi connectivity index (χ1) is 5.61. The van der Waals surface area contributed by atoms with Crippen LogP contribution in [-0.2, 0) is 0 Å². The molecule has 0 unspecified atom stereocenters. The van der Waals surface area contributed by atoms with Crippen molar-refractivity contribution in [3.8, 4) is 0 Å². The second-order valence-corrected chi connectivity index (χ2v) is 3.11. The van der Waals surface area contributed by atoms with Crippen molar-refractivity contribution in [1.29, 1.82) is 0 Å². The van der Waals surface area contributed by atoms with Crippen LogP contribution in [0.5, 0.6) is 0 Å². The number of benzene rings is 1. The van der Waals surface area contributed by atoms with Crippen LogP contribution in [0.4, 0.5) is 17.1 Å². The Hall–Kier alpha value is -1.38. The smallest absolute Gasteiger partial charge is 0.0783 e. The zero-order valence-corrected chi connectivity index (χ0v) is 7.46. The van der Waals surface area contributed by atoms with E-state index < -0.39 is 0 Å². The predicted molar refractivity (Wildman–Crippen MR) is 54.0 cm³/mol. The summed E-state index contributed by atoms with van der Waals surface area (Å²) in [6.07, 6.45) is 0. The molecule has 12 heavy (non-hydrogen) atoms. The second-order valence-electron chi connectivity index (χ2n) is 3.11. The Balaban J connectivity index is 2.92. The van der Waals surface area contributed by atoms with Crippen LogP contribution in [0.25, 0.3) is 0 Å². The van der Waals surface area contributed by atoms with Gasteiger partial charge in [-0.25, -0.2) is 0 Å². The van der Waals surface area contributed by atoms with Gasteiger partial charge >= 0.3 is 0 Å². The summed E-state index contributed by atoms with van der Waals surface area (Å²) in [6, 6.07) is 5.97. The summed E-state index contributed by atoms with van der Waals surface area (Å²) < 4.78 is 0. The van der Waals surface area contributed by atoms with Crippen LogP contribution in [0.15, 0.2) is 18.2 Å². The van der Waals surface area contributed by atoms with Crippen LogP contribution in [0.2, 0.25) is 0 Å². The summed E-state index contributed by atoms with van der Waals surface area (Å²) in [4.78, 5) is 0.